The Hall–Kier alpha value is -2.44. The highest BCUT2D eigenvalue weighted by Crippen LogP contribution is 2.35. The monoisotopic (exact) mass is 285 g/mol. The van der Waals surface area contributed by atoms with E-state index in [0.29, 0.717) is 6.07 Å². The van der Waals surface area contributed by atoms with Crippen LogP contribution in [0.5, 0.6) is 0 Å². The van der Waals surface area contributed by atoms with Crippen molar-refractivity contribution in [1.29, 1.82) is 0 Å². The van der Waals surface area contributed by atoms with Crippen molar-refractivity contribution in [3.8, 4) is 11.1 Å². The Bertz CT molecular complexity index is 668. The second-order valence-electron chi connectivity index (χ2n) is 4.07. The summed E-state index contributed by atoms with van der Waals surface area (Å²) in [6, 6.07) is 7.81. The highest BCUT2D eigenvalue weighted by molar-refractivity contribution is 5.68. The van der Waals surface area contributed by atoms with Crippen molar-refractivity contribution < 1.29 is 22.4 Å². The second kappa shape index (κ2) is 4.92. The fourth-order valence-electron chi connectivity index (χ4n) is 1.75. The van der Waals surface area contributed by atoms with E-state index in [1.165, 1.54) is 18.2 Å². The number of halogens is 4. The SMILES string of the molecule is N[N+](=O)c1cc(-c2ccccc2F)cc(C(F)(F)F)c1. The first-order valence-corrected chi connectivity index (χ1v) is 5.48. The first kappa shape index (κ1) is 14.0. The largest absolute Gasteiger partial charge is 0.416 e. The molecular weight excluding hydrogens is 276 g/mol. The maximum atomic E-state index is 13.6. The molecule has 0 heterocycles. The van der Waals surface area contributed by atoms with Crippen LogP contribution in [0.25, 0.3) is 11.1 Å². The van der Waals surface area contributed by atoms with Crippen molar-refractivity contribution in [2.24, 2.45) is 5.84 Å². The van der Waals surface area contributed by atoms with Gasteiger partial charge >= 0.3 is 6.18 Å². The Kier molecular flexibility index (Phi) is 3.44. The summed E-state index contributed by atoms with van der Waals surface area (Å²) in [6.45, 7) is 0. The lowest BCUT2D eigenvalue weighted by atomic mass is 10.0. The molecule has 0 aromatic heterocycles. The molecule has 0 aliphatic carbocycles. The zero-order valence-corrected chi connectivity index (χ0v) is 9.99. The van der Waals surface area contributed by atoms with Crippen LogP contribution in [-0.2, 0) is 6.18 Å². The summed E-state index contributed by atoms with van der Waals surface area (Å²) in [6.07, 6.45) is -4.66. The molecule has 0 bridgehead atoms. The Balaban J connectivity index is 2.68. The predicted molar refractivity (Wildman–Crippen MR) is 64.3 cm³/mol. The summed E-state index contributed by atoms with van der Waals surface area (Å²) >= 11 is 0. The minimum Gasteiger partial charge on any atom is -0.206 e. The van der Waals surface area contributed by atoms with E-state index in [9.17, 15) is 22.5 Å². The zero-order chi connectivity index (χ0) is 14.9. The van der Waals surface area contributed by atoms with Crippen LogP contribution in [-0.4, -0.2) is 4.87 Å². The molecule has 20 heavy (non-hydrogen) atoms. The minimum absolute atomic E-state index is 0.0401. The maximum Gasteiger partial charge on any atom is 0.416 e. The van der Waals surface area contributed by atoms with Crippen molar-refractivity contribution in [3.63, 3.8) is 0 Å². The van der Waals surface area contributed by atoms with E-state index in [1.54, 1.807) is 0 Å². The fraction of sp³-hybridized carbons (Fsp3) is 0.0769. The van der Waals surface area contributed by atoms with Gasteiger partial charge < -0.3 is 0 Å². The average Bonchev–Trinajstić information content (AvgIpc) is 2.37. The van der Waals surface area contributed by atoms with Gasteiger partial charge in [0, 0.05) is 17.7 Å². The van der Waals surface area contributed by atoms with Crippen molar-refractivity contribution in [2.45, 2.75) is 6.18 Å². The summed E-state index contributed by atoms with van der Waals surface area (Å²) < 4.78 is 51.9. The van der Waals surface area contributed by atoms with Gasteiger partial charge in [-0.05, 0) is 17.7 Å². The summed E-state index contributed by atoms with van der Waals surface area (Å²) in [7, 11) is 0. The van der Waals surface area contributed by atoms with Crippen molar-refractivity contribution >= 4 is 5.69 Å². The number of hydrazine groups is 1. The van der Waals surface area contributed by atoms with Gasteiger partial charge in [0.05, 0.1) is 10.5 Å². The molecule has 2 aromatic rings. The lowest BCUT2D eigenvalue weighted by Crippen LogP contribution is -2.12. The Labute approximate surface area is 111 Å². The van der Waals surface area contributed by atoms with E-state index in [1.807, 2.05) is 0 Å². The third-order valence-electron chi connectivity index (χ3n) is 2.68. The first-order chi connectivity index (χ1) is 9.29. The number of alkyl halides is 3. The van der Waals surface area contributed by atoms with Crippen LogP contribution in [0.3, 0.4) is 0 Å². The molecule has 0 saturated heterocycles. The number of nitrogens with zero attached hydrogens (tertiary/aromatic N) is 1. The van der Waals surface area contributed by atoms with Gasteiger partial charge in [-0.25, -0.2) is 4.39 Å². The lowest BCUT2D eigenvalue weighted by molar-refractivity contribution is -0.474. The van der Waals surface area contributed by atoms with Gasteiger partial charge in [-0.15, -0.1) is 0 Å². The van der Waals surface area contributed by atoms with E-state index in [0.717, 1.165) is 18.2 Å². The molecule has 0 amide bonds. The van der Waals surface area contributed by atoms with Crippen LogP contribution >= 0.6 is 0 Å². The smallest absolute Gasteiger partial charge is 0.206 e. The molecule has 2 aromatic carbocycles. The van der Waals surface area contributed by atoms with Crippen LogP contribution in [0.15, 0.2) is 42.5 Å². The van der Waals surface area contributed by atoms with Crippen LogP contribution in [0.1, 0.15) is 5.56 Å². The number of benzene rings is 2. The minimum atomic E-state index is -4.66. The Morgan fingerprint density at radius 3 is 2.25 bits per heavy atom. The lowest BCUT2D eigenvalue weighted by Gasteiger charge is -2.09. The number of hydrogen-bond acceptors (Lipinski definition) is 1. The quantitative estimate of drug-likeness (QED) is 0.395. The van der Waals surface area contributed by atoms with Gasteiger partial charge in [0.15, 0.2) is 4.87 Å². The molecule has 0 radical (unpaired) electrons. The average molecular weight is 285 g/mol. The molecule has 0 aliphatic heterocycles. The molecule has 0 aliphatic rings. The number of nitroso groups, excluding NO2 is 1. The normalized spacial score (nSPS) is 11.4. The summed E-state index contributed by atoms with van der Waals surface area (Å²) in [5.41, 5.74) is -1.58. The van der Waals surface area contributed by atoms with E-state index >= 15 is 0 Å². The standard InChI is InChI=1S/C13H9F4N2O/c14-12-4-2-1-3-11(12)8-5-9(13(15,16)17)7-10(6-8)19(18)20/h1-7H,(H2,18,20)/q+1. The first-order valence-electron chi connectivity index (χ1n) is 5.48. The molecule has 0 unspecified atom stereocenters. The molecule has 0 spiro atoms. The van der Waals surface area contributed by atoms with E-state index in [4.69, 9.17) is 5.84 Å². The number of hydrogen-bond donors (Lipinski definition) is 1. The van der Waals surface area contributed by atoms with Crippen LogP contribution in [0, 0.1) is 10.7 Å². The summed E-state index contributed by atoms with van der Waals surface area (Å²) in [5, 5.41) is 0. The van der Waals surface area contributed by atoms with Gasteiger partial charge in [-0.2, -0.15) is 19.0 Å². The third kappa shape index (κ3) is 2.76. The third-order valence-corrected chi connectivity index (χ3v) is 2.68. The van der Waals surface area contributed by atoms with Gasteiger partial charge in [0.2, 0.25) is 0 Å². The summed E-state index contributed by atoms with van der Waals surface area (Å²) in [4.78, 5) is 10.8. The molecule has 0 saturated carbocycles. The van der Waals surface area contributed by atoms with E-state index < -0.39 is 23.2 Å². The summed E-state index contributed by atoms with van der Waals surface area (Å²) in [5.74, 6) is 4.24. The molecular formula is C13H9F4N2O+. The molecule has 0 atom stereocenters. The molecule has 3 nitrogen and oxygen atoms in total. The molecule has 2 N–H and O–H groups in total. The maximum absolute atomic E-state index is 13.6. The van der Waals surface area contributed by atoms with Crippen LogP contribution < -0.4 is 5.84 Å². The van der Waals surface area contributed by atoms with Crippen LogP contribution in [0.4, 0.5) is 23.2 Å². The zero-order valence-electron chi connectivity index (χ0n) is 9.99. The highest BCUT2D eigenvalue weighted by Gasteiger charge is 2.33. The predicted octanol–water partition coefficient (Wildman–Crippen LogP) is 3.80. The molecule has 2 rings (SSSR count). The van der Waals surface area contributed by atoms with Gasteiger partial charge in [-0.3, -0.25) is 0 Å². The highest BCUT2D eigenvalue weighted by atomic mass is 19.4. The Morgan fingerprint density at radius 2 is 1.70 bits per heavy atom. The van der Waals surface area contributed by atoms with E-state index in [2.05, 4.69) is 0 Å². The second-order valence-corrected chi connectivity index (χ2v) is 4.07. The van der Waals surface area contributed by atoms with Gasteiger partial charge in [0.1, 0.15) is 5.82 Å². The topological polar surface area (TPSA) is 46.1 Å². The van der Waals surface area contributed by atoms with Gasteiger partial charge in [0.25, 0.3) is 5.69 Å². The van der Waals surface area contributed by atoms with Crippen molar-refractivity contribution in [1.82, 2.24) is 0 Å². The van der Waals surface area contributed by atoms with Crippen molar-refractivity contribution in [2.75, 3.05) is 0 Å². The Morgan fingerprint density at radius 1 is 1.05 bits per heavy atom. The molecule has 0 fully saturated rings. The van der Waals surface area contributed by atoms with Crippen molar-refractivity contribution in [3.05, 3.63) is 58.8 Å². The van der Waals surface area contributed by atoms with E-state index in [-0.39, 0.29) is 16.0 Å². The number of rotatable bonds is 2. The molecule has 7 heteroatoms. The van der Waals surface area contributed by atoms with Crippen LogP contribution in [0.2, 0.25) is 0 Å². The fourth-order valence-corrected chi connectivity index (χ4v) is 1.75. The molecule has 104 valence electrons. The number of nitrogens with two attached hydrogens (primary N) is 1. The van der Waals surface area contributed by atoms with Gasteiger partial charge in [-0.1, -0.05) is 18.2 Å².